The van der Waals surface area contributed by atoms with Gasteiger partial charge in [0.05, 0.1) is 6.21 Å². The molecule has 0 aliphatic heterocycles. The Morgan fingerprint density at radius 2 is 1.96 bits per heavy atom. The lowest BCUT2D eigenvalue weighted by Crippen LogP contribution is -2.32. The van der Waals surface area contributed by atoms with Gasteiger partial charge in [0.2, 0.25) is 0 Å². The van der Waals surface area contributed by atoms with Gasteiger partial charge in [-0.25, -0.2) is 5.43 Å². The maximum Gasteiger partial charge on any atom is 0.329 e. The number of para-hydroxylation sites is 1. The Morgan fingerprint density at radius 3 is 2.76 bits per heavy atom. The third-order valence-electron chi connectivity index (χ3n) is 3.63. The molecule has 0 bridgehead atoms. The summed E-state index contributed by atoms with van der Waals surface area (Å²) in [6.07, 6.45) is 3.25. The van der Waals surface area contributed by atoms with Gasteiger partial charge in [0, 0.05) is 33.4 Å². The minimum atomic E-state index is -0.868. The molecule has 0 saturated heterocycles. The minimum absolute atomic E-state index is 0.441. The van der Waals surface area contributed by atoms with Crippen molar-refractivity contribution >= 4 is 46.2 Å². The molecule has 7 heteroatoms. The van der Waals surface area contributed by atoms with E-state index in [1.807, 2.05) is 31.2 Å². The Kier molecular flexibility index (Phi) is 4.81. The van der Waals surface area contributed by atoms with Gasteiger partial charge >= 0.3 is 11.8 Å². The molecule has 1 aromatic heterocycles. The van der Waals surface area contributed by atoms with E-state index < -0.39 is 11.8 Å². The van der Waals surface area contributed by atoms with E-state index in [-0.39, 0.29) is 0 Å². The van der Waals surface area contributed by atoms with Gasteiger partial charge in [0.15, 0.2) is 0 Å². The predicted molar refractivity (Wildman–Crippen MR) is 98.9 cm³/mol. The number of nitrogens with one attached hydrogen (secondary N) is 3. The summed E-state index contributed by atoms with van der Waals surface area (Å²) in [4.78, 5) is 26.8. The number of hydrazone groups is 1. The van der Waals surface area contributed by atoms with E-state index in [2.05, 4.69) is 20.8 Å². The number of benzene rings is 2. The van der Waals surface area contributed by atoms with E-state index in [0.29, 0.717) is 10.7 Å². The number of fused-ring (bicyclic) bond motifs is 1. The molecule has 0 aliphatic rings. The second-order valence-electron chi connectivity index (χ2n) is 5.41. The van der Waals surface area contributed by atoms with E-state index in [1.54, 1.807) is 24.4 Å². The lowest BCUT2D eigenvalue weighted by molar-refractivity contribution is -0.136. The van der Waals surface area contributed by atoms with Crippen molar-refractivity contribution in [3.8, 4) is 0 Å². The Balaban J connectivity index is 1.61. The predicted octanol–water partition coefficient (Wildman–Crippen LogP) is 3.22. The summed E-state index contributed by atoms with van der Waals surface area (Å²) in [6.45, 7) is 1.85. The normalized spacial score (nSPS) is 11.0. The van der Waals surface area contributed by atoms with Crippen LogP contribution in [0.15, 0.2) is 53.8 Å². The lowest BCUT2D eigenvalue weighted by atomic mass is 10.2. The molecule has 3 aromatic rings. The fourth-order valence-corrected chi connectivity index (χ4v) is 2.45. The average molecular weight is 355 g/mol. The average Bonchev–Trinajstić information content (AvgIpc) is 3.01. The smallest absolute Gasteiger partial charge is 0.329 e. The van der Waals surface area contributed by atoms with Crippen LogP contribution >= 0.6 is 11.6 Å². The van der Waals surface area contributed by atoms with Crippen molar-refractivity contribution in [1.82, 2.24) is 10.4 Å². The topological polar surface area (TPSA) is 86.3 Å². The number of rotatable bonds is 3. The van der Waals surface area contributed by atoms with Crippen LogP contribution in [0.25, 0.3) is 10.9 Å². The Morgan fingerprint density at radius 1 is 1.16 bits per heavy atom. The summed E-state index contributed by atoms with van der Waals surface area (Å²) in [5.41, 5.74) is 5.30. The van der Waals surface area contributed by atoms with E-state index in [1.165, 1.54) is 6.21 Å². The first-order chi connectivity index (χ1) is 12.0. The van der Waals surface area contributed by atoms with Gasteiger partial charge in [-0.3, -0.25) is 9.59 Å². The molecule has 0 aliphatic carbocycles. The molecule has 0 radical (unpaired) electrons. The fourth-order valence-electron chi connectivity index (χ4n) is 2.27. The van der Waals surface area contributed by atoms with Crippen LogP contribution in [0.4, 0.5) is 5.69 Å². The summed E-state index contributed by atoms with van der Waals surface area (Å²) in [7, 11) is 0. The molecule has 3 rings (SSSR count). The molecule has 25 heavy (non-hydrogen) atoms. The van der Waals surface area contributed by atoms with Crippen molar-refractivity contribution < 1.29 is 9.59 Å². The largest absolute Gasteiger partial charge is 0.361 e. The van der Waals surface area contributed by atoms with Gasteiger partial charge in [0.1, 0.15) is 0 Å². The van der Waals surface area contributed by atoms with Crippen molar-refractivity contribution in [2.24, 2.45) is 5.10 Å². The molecule has 0 spiro atoms. The van der Waals surface area contributed by atoms with E-state index >= 15 is 0 Å². The molecule has 2 aromatic carbocycles. The summed E-state index contributed by atoms with van der Waals surface area (Å²) >= 11 is 5.99. The second-order valence-corrected chi connectivity index (χ2v) is 5.81. The molecule has 126 valence electrons. The quantitative estimate of drug-likeness (QED) is 0.383. The highest BCUT2D eigenvalue weighted by Gasteiger charge is 2.13. The maximum atomic E-state index is 11.9. The van der Waals surface area contributed by atoms with Crippen LogP contribution in [-0.4, -0.2) is 23.0 Å². The number of carbonyl (C=O) groups is 2. The van der Waals surface area contributed by atoms with Gasteiger partial charge in [0.25, 0.3) is 0 Å². The molecule has 0 saturated carbocycles. The van der Waals surface area contributed by atoms with Crippen LogP contribution in [0.2, 0.25) is 5.02 Å². The van der Waals surface area contributed by atoms with E-state index in [9.17, 15) is 9.59 Å². The summed E-state index contributed by atoms with van der Waals surface area (Å²) in [5.74, 6) is -1.69. The van der Waals surface area contributed by atoms with Gasteiger partial charge in [-0.1, -0.05) is 35.9 Å². The van der Waals surface area contributed by atoms with Crippen molar-refractivity contribution in [2.75, 3.05) is 5.32 Å². The zero-order valence-corrected chi connectivity index (χ0v) is 14.1. The highest BCUT2D eigenvalue weighted by molar-refractivity contribution is 6.39. The Bertz CT molecular complexity index is 978. The standard InChI is InChI=1S/C18H15ClN4O2/c1-11-6-7-13(8-15(11)19)22-17(24)18(25)23-21-10-12-9-20-16-5-3-2-4-14(12)16/h2-10,20H,1H3,(H,22,24)(H,23,25)/b21-10+. The van der Waals surface area contributed by atoms with Crippen LogP contribution in [0.3, 0.4) is 0 Å². The number of H-pyrrole nitrogens is 1. The number of aromatic nitrogens is 1. The van der Waals surface area contributed by atoms with Crippen LogP contribution in [0.5, 0.6) is 0 Å². The first kappa shape index (κ1) is 16.7. The Labute approximate surface area is 148 Å². The lowest BCUT2D eigenvalue weighted by Gasteiger charge is -2.05. The molecule has 1 heterocycles. The summed E-state index contributed by atoms with van der Waals surface area (Å²) < 4.78 is 0. The minimum Gasteiger partial charge on any atom is -0.361 e. The van der Waals surface area contributed by atoms with Crippen LogP contribution in [0.1, 0.15) is 11.1 Å². The highest BCUT2D eigenvalue weighted by atomic mass is 35.5. The number of hydrogen-bond donors (Lipinski definition) is 3. The Hall–Kier alpha value is -3.12. The molecule has 6 nitrogen and oxygen atoms in total. The molecular weight excluding hydrogens is 340 g/mol. The second kappa shape index (κ2) is 7.19. The number of aryl methyl sites for hydroxylation is 1. The molecule has 2 amide bonds. The first-order valence-corrected chi connectivity index (χ1v) is 7.89. The van der Waals surface area contributed by atoms with Gasteiger partial charge < -0.3 is 10.3 Å². The van der Waals surface area contributed by atoms with Gasteiger partial charge in [-0.05, 0) is 30.7 Å². The maximum absolute atomic E-state index is 11.9. The van der Waals surface area contributed by atoms with Crippen LogP contribution in [0, 0.1) is 6.92 Å². The van der Waals surface area contributed by atoms with Crippen molar-refractivity contribution in [1.29, 1.82) is 0 Å². The molecule has 3 N–H and O–H groups in total. The molecule has 0 fully saturated rings. The van der Waals surface area contributed by atoms with Crippen LogP contribution in [-0.2, 0) is 9.59 Å². The van der Waals surface area contributed by atoms with Crippen LogP contribution < -0.4 is 10.7 Å². The zero-order chi connectivity index (χ0) is 17.8. The number of amides is 2. The zero-order valence-electron chi connectivity index (χ0n) is 13.3. The molecule has 0 atom stereocenters. The van der Waals surface area contributed by atoms with Crippen molar-refractivity contribution in [3.05, 3.63) is 64.8 Å². The third kappa shape index (κ3) is 3.87. The van der Waals surface area contributed by atoms with Crippen molar-refractivity contribution in [3.63, 3.8) is 0 Å². The first-order valence-electron chi connectivity index (χ1n) is 7.51. The number of halogens is 1. The molecule has 0 unspecified atom stereocenters. The number of carbonyl (C=O) groups excluding carboxylic acids is 2. The monoisotopic (exact) mass is 354 g/mol. The van der Waals surface area contributed by atoms with E-state index in [0.717, 1.165) is 22.0 Å². The fraction of sp³-hybridized carbons (Fsp3) is 0.0556. The molecular formula is C18H15ClN4O2. The van der Waals surface area contributed by atoms with Crippen molar-refractivity contribution in [2.45, 2.75) is 6.92 Å². The number of aromatic amines is 1. The van der Waals surface area contributed by atoms with Gasteiger partial charge in [-0.15, -0.1) is 0 Å². The summed E-state index contributed by atoms with van der Waals surface area (Å²) in [5, 5.41) is 7.78. The van der Waals surface area contributed by atoms with E-state index in [4.69, 9.17) is 11.6 Å². The highest BCUT2D eigenvalue weighted by Crippen LogP contribution is 2.19. The number of hydrogen-bond acceptors (Lipinski definition) is 3. The summed E-state index contributed by atoms with van der Waals surface area (Å²) in [6, 6.07) is 12.7. The number of nitrogens with zero attached hydrogens (tertiary/aromatic N) is 1. The SMILES string of the molecule is Cc1ccc(NC(=O)C(=O)N/N=C/c2c[nH]c3ccccc23)cc1Cl. The number of anilines is 1. The van der Waals surface area contributed by atoms with Gasteiger partial charge in [-0.2, -0.15) is 5.10 Å². The third-order valence-corrected chi connectivity index (χ3v) is 4.03.